The number of nitrogens with zero attached hydrogens (tertiary/aromatic N) is 4. The van der Waals surface area contributed by atoms with E-state index < -0.39 is 20.2 Å². The zero-order chi connectivity index (χ0) is 23.8. The highest BCUT2D eigenvalue weighted by Crippen LogP contribution is 2.37. The van der Waals surface area contributed by atoms with Crippen LogP contribution in [0, 0.1) is 12.8 Å². The predicted molar refractivity (Wildman–Crippen MR) is 128 cm³/mol. The average molecular weight is 472 g/mol. The van der Waals surface area contributed by atoms with Gasteiger partial charge in [0.05, 0.1) is 18.6 Å². The van der Waals surface area contributed by atoms with Gasteiger partial charge in [-0.3, -0.25) is 4.79 Å². The number of aryl methyl sites for hydroxylation is 1. The zero-order valence-electron chi connectivity index (χ0n) is 19.7. The Labute approximate surface area is 193 Å². The lowest BCUT2D eigenvalue weighted by Crippen LogP contribution is -2.22. The summed E-state index contributed by atoms with van der Waals surface area (Å²) in [5.41, 5.74) is 2.99. The van der Waals surface area contributed by atoms with Crippen molar-refractivity contribution in [1.82, 2.24) is 19.7 Å². The van der Waals surface area contributed by atoms with Gasteiger partial charge in [-0.05, 0) is 43.2 Å². The molecular weight excluding hydrogens is 441 g/mol. The second kappa shape index (κ2) is 9.18. The van der Waals surface area contributed by atoms with E-state index in [2.05, 4.69) is 34.9 Å². The van der Waals surface area contributed by atoms with Crippen molar-refractivity contribution in [1.29, 1.82) is 0 Å². The van der Waals surface area contributed by atoms with Gasteiger partial charge in [0.2, 0.25) is 11.8 Å². The average Bonchev–Trinajstić information content (AvgIpc) is 3.39. The van der Waals surface area contributed by atoms with E-state index in [0.717, 1.165) is 22.6 Å². The van der Waals surface area contributed by atoms with Gasteiger partial charge in [0.15, 0.2) is 5.65 Å². The smallest absolute Gasteiger partial charge is 0.231 e. The SMILES string of the molecule is COc1nccc(C)c1-c1nn(COCC[Si](C)(C)C)c2nc(NC(=O)[C@@H]3C[C@@H]3F)ccc12. The Morgan fingerprint density at radius 2 is 2.06 bits per heavy atom. The Hall–Kier alpha value is -2.85. The van der Waals surface area contributed by atoms with Gasteiger partial charge in [0.25, 0.3) is 0 Å². The molecule has 3 aromatic heterocycles. The summed E-state index contributed by atoms with van der Waals surface area (Å²) < 4.78 is 26.4. The number of aromatic nitrogens is 4. The molecule has 0 aliphatic heterocycles. The topological polar surface area (TPSA) is 91.2 Å². The van der Waals surface area contributed by atoms with E-state index in [1.165, 1.54) is 0 Å². The molecule has 0 unspecified atom stereocenters. The van der Waals surface area contributed by atoms with Crippen LogP contribution in [0.2, 0.25) is 25.7 Å². The van der Waals surface area contributed by atoms with Gasteiger partial charge in [0, 0.05) is 26.3 Å². The number of hydrogen-bond acceptors (Lipinski definition) is 6. The van der Waals surface area contributed by atoms with Crippen molar-refractivity contribution >= 4 is 30.8 Å². The molecule has 10 heteroatoms. The summed E-state index contributed by atoms with van der Waals surface area (Å²) in [4.78, 5) is 21.2. The number of rotatable bonds is 9. The molecule has 176 valence electrons. The minimum absolute atomic E-state index is 0.224. The van der Waals surface area contributed by atoms with Crippen molar-refractivity contribution in [3.63, 3.8) is 0 Å². The molecular formula is C23H30FN5O3Si. The monoisotopic (exact) mass is 471 g/mol. The Balaban J connectivity index is 1.70. The van der Waals surface area contributed by atoms with Crippen LogP contribution in [-0.4, -0.2) is 53.6 Å². The molecule has 1 fully saturated rings. The maximum atomic E-state index is 13.3. The summed E-state index contributed by atoms with van der Waals surface area (Å²) in [6.07, 6.45) is 0.894. The van der Waals surface area contributed by atoms with Crippen molar-refractivity contribution in [2.45, 2.75) is 51.9 Å². The molecule has 1 N–H and O–H groups in total. The molecule has 1 amide bonds. The van der Waals surface area contributed by atoms with Gasteiger partial charge in [-0.15, -0.1) is 0 Å². The normalized spacial score (nSPS) is 17.9. The third kappa shape index (κ3) is 5.22. The van der Waals surface area contributed by atoms with Gasteiger partial charge >= 0.3 is 0 Å². The van der Waals surface area contributed by atoms with Crippen molar-refractivity contribution in [2.75, 3.05) is 19.0 Å². The van der Waals surface area contributed by atoms with E-state index in [1.54, 1.807) is 24.1 Å². The van der Waals surface area contributed by atoms with E-state index in [-0.39, 0.29) is 19.1 Å². The quantitative estimate of drug-likeness (QED) is 0.367. The highest BCUT2D eigenvalue weighted by molar-refractivity contribution is 6.76. The number of pyridine rings is 2. The zero-order valence-corrected chi connectivity index (χ0v) is 20.7. The van der Waals surface area contributed by atoms with Gasteiger partial charge in [-0.2, -0.15) is 5.10 Å². The van der Waals surface area contributed by atoms with Crippen LogP contribution < -0.4 is 10.1 Å². The summed E-state index contributed by atoms with van der Waals surface area (Å²) in [6.45, 7) is 9.73. The Kier molecular flexibility index (Phi) is 6.49. The molecule has 4 rings (SSSR count). The van der Waals surface area contributed by atoms with E-state index >= 15 is 0 Å². The first-order valence-corrected chi connectivity index (χ1v) is 14.8. The number of carbonyl (C=O) groups is 1. The molecule has 0 radical (unpaired) electrons. The summed E-state index contributed by atoms with van der Waals surface area (Å²) in [5, 5.41) is 8.29. The van der Waals surface area contributed by atoms with Crippen molar-refractivity contribution in [3.05, 3.63) is 30.0 Å². The third-order valence-corrected chi connectivity index (χ3v) is 7.36. The number of anilines is 1. The van der Waals surface area contributed by atoms with E-state index in [9.17, 15) is 9.18 Å². The highest BCUT2D eigenvalue weighted by atomic mass is 28.3. The Bertz CT molecular complexity index is 1180. The fraction of sp³-hybridized carbons (Fsp3) is 0.478. The van der Waals surface area contributed by atoms with Crippen LogP contribution in [0.4, 0.5) is 10.2 Å². The fourth-order valence-electron chi connectivity index (χ4n) is 3.56. The van der Waals surface area contributed by atoms with Gasteiger partial charge in [0.1, 0.15) is 24.4 Å². The number of carbonyl (C=O) groups excluding carboxylic acids is 1. The van der Waals surface area contributed by atoms with Crippen LogP contribution in [0.3, 0.4) is 0 Å². The molecule has 0 spiro atoms. The molecule has 0 bridgehead atoms. The minimum Gasteiger partial charge on any atom is -0.480 e. The van der Waals surface area contributed by atoms with Crippen LogP contribution in [0.5, 0.6) is 5.88 Å². The number of halogens is 1. The number of alkyl halides is 1. The molecule has 1 aliphatic rings. The first-order chi connectivity index (χ1) is 15.7. The van der Waals surface area contributed by atoms with Crippen LogP contribution in [-0.2, 0) is 16.3 Å². The molecule has 0 aromatic carbocycles. The largest absolute Gasteiger partial charge is 0.480 e. The number of fused-ring (bicyclic) bond motifs is 1. The maximum absolute atomic E-state index is 13.3. The standard InChI is InChI=1S/C23H30FN5O3Si/c1-14-8-9-25-23(31-2)19(14)20-15-6-7-18(27-22(30)16-12-17(16)24)26-21(15)29(28-20)13-32-10-11-33(3,4)5/h6-9,16-17H,10-13H2,1-5H3,(H,26,27,30)/t16-,17+/m1/s1. The molecule has 1 aliphatic carbocycles. The summed E-state index contributed by atoms with van der Waals surface area (Å²) >= 11 is 0. The van der Waals surface area contributed by atoms with E-state index in [0.29, 0.717) is 29.6 Å². The second-order valence-electron chi connectivity index (χ2n) is 9.62. The Morgan fingerprint density at radius 1 is 1.30 bits per heavy atom. The second-order valence-corrected chi connectivity index (χ2v) is 15.2. The first-order valence-electron chi connectivity index (χ1n) is 11.1. The highest BCUT2D eigenvalue weighted by Gasteiger charge is 2.43. The molecule has 8 nitrogen and oxygen atoms in total. The van der Waals surface area contributed by atoms with Crippen molar-refractivity contribution in [3.8, 4) is 17.1 Å². The minimum atomic E-state index is -1.23. The number of amides is 1. The van der Waals surface area contributed by atoms with Crippen molar-refractivity contribution in [2.24, 2.45) is 5.92 Å². The van der Waals surface area contributed by atoms with Gasteiger partial charge in [-0.1, -0.05) is 19.6 Å². The maximum Gasteiger partial charge on any atom is 0.231 e. The third-order valence-electron chi connectivity index (χ3n) is 5.66. The number of hydrogen-bond donors (Lipinski definition) is 1. The molecule has 1 saturated carbocycles. The van der Waals surface area contributed by atoms with Crippen molar-refractivity contribution < 1.29 is 18.7 Å². The Morgan fingerprint density at radius 3 is 2.73 bits per heavy atom. The lowest BCUT2D eigenvalue weighted by atomic mass is 10.1. The van der Waals surface area contributed by atoms with E-state index in [1.807, 2.05) is 19.1 Å². The molecule has 0 saturated heterocycles. The predicted octanol–water partition coefficient (Wildman–Crippen LogP) is 4.42. The fourth-order valence-corrected chi connectivity index (χ4v) is 4.31. The lowest BCUT2D eigenvalue weighted by molar-refractivity contribution is -0.117. The van der Waals surface area contributed by atoms with Crippen LogP contribution in [0.25, 0.3) is 22.3 Å². The molecule has 33 heavy (non-hydrogen) atoms. The summed E-state index contributed by atoms with van der Waals surface area (Å²) in [5.74, 6) is -0.107. The molecule has 3 aromatic rings. The van der Waals surface area contributed by atoms with E-state index in [4.69, 9.17) is 14.6 Å². The summed E-state index contributed by atoms with van der Waals surface area (Å²) in [7, 11) is 0.348. The number of nitrogens with one attached hydrogen (secondary N) is 1. The number of methoxy groups -OCH3 is 1. The van der Waals surface area contributed by atoms with Gasteiger partial charge < -0.3 is 14.8 Å². The van der Waals surface area contributed by atoms with Gasteiger partial charge in [-0.25, -0.2) is 19.0 Å². The van der Waals surface area contributed by atoms with Crippen LogP contribution in [0.15, 0.2) is 24.4 Å². The first kappa shape index (κ1) is 23.3. The lowest BCUT2D eigenvalue weighted by Gasteiger charge is -2.15. The van der Waals surface area contributed by atoms with Crippen LogP contribution >= 0.6 is 0 Å². The van der Waals surface area contributed by atoms with Crippen LogP contribution in [0.1, 0.15) is 12.0 Å². The summed E-state index contributed by atoms with van der Waals surface area (Å²) in [6, 6.07) is 6.49. The molecule has 2 atom stereocenters. The number of ether oxygens (including phenoxy) is 2. The molecule has 3 heterocycles.